The largest absolute Gasteiger partial charge is 0.383 e. The standard InChI is InChI=1S/C23H22N4O2/c1-14-6-4-5-7-19(14)20-9-8-16(11-18(20)13-28-3)23-26-22(27-29-23)17-10-15(2)21(24)25-12-17/h4-12H,13H2,1-3H3,(H2,24,25). The SMILES string of the molecule is COCc1cc(-c2nc(-c3cnc(N)c(C)c3)no2)ccc1-c1ccccc1C. The van der Waals surface area contributed by atoms with Gasteiger partial charge in [-0.15, -0.1) is 0 Å². The number of rotatable bonds is 5. The van der Waals surface area contributed by atoms with Crippen LogP contribution >= 0.6 is 0 Å². The highest BCUT2D eigenvalue weighted by Gasteiger charge is 2.15. The number of anilines is 1. The van der Waals surface area contributed by atoms with E-state index in [1.165, 1.54) is 11.1 Å². The molecule has 29 heavy (non-hydrogen) atoms. The molecule has 0 amide bonds. The van der Waals surface area contributed by atoms with Crippen molar-refractivity contribution in [3.63, 3.8) is 0 Å². The Kier molecular flexibility index (Phi) is 5.10. The van der Waals surface area contributed by atoms with Crippen molar-refractivity contribution >= 4 is 5.82 Å². The third-order valence-corrected chi connectivity index (χ3v) is 4.89. The van der Waals surface area contributed by atoms with E-state index < -0.39 is 0 Å². The Morgan fingerprint density at radius 3 is 2.55 bits per heavy atom. The monoisotopic (exact) mass is 386 g/mol. The fraction of sp³-hybridized carbons (Fsp3) is 0.174. The number of hydrogen-bond donors (Lipinski definition) is 1. The first-order chi connectivity index (χ1) is 14.1. The molecule has 0 aliphatic rings. The van der Waals surface area contributed by atoms with E-state index in [2.05, 4.69) is 40.2 Å². The minimum Gasteiger partial charge on any atom is -0.383 e. The van der Waals surface area contributed by atoms with Crippen molar-refractivity contribution in [3.8, 4) is 34.0 Å². The van der Waals surface area contributed by atoms with Gasteiger partial charge in [-0.1, -0.05) is 35.5 Å². The number of nitrogens with zero attached hydrogens (tertiary/aromatic N) is 3. The molecule has 0 spiro atoms. The highest BCUT2D eigenvalue weighted by Crippen LogP contribution is 2.31. The molecule has 0 saturated heterocycles. The second-order valence-corrected chi connectivity index (χ2v) is 6.97. The molecule has 2 aromatic heterocycles. The lowest BCUT2D eigenvalue weighted by Crippen LogP contribution is -1.95. The van der Waals surface area contributed by atoms with Crippen molar-refractivity contribution in [2.75, 3.05) is 12.8 Å². The van der Waals surface area contributed by atoms with Gasteiger partial charge in [0.1, 0.15) is 5.82 Å². The van der Waals surface area contributed by atoms with Crippen LogP contribution in [0.4, 0.5) is 5.82 Å². The Balaban J connectivity index is 1.73. The fourth-order valence-corrected chi connectivity index (χ4v) is 3.31. The average Bonchev–Trinajstić information content (AvgIpc) is 3.21. The smallest absolute Gasteiger partial charge is 0.258 e. The van der Waals surface area contributed by atoms with Gasteiger partial charge in [0.2, 0.25) is 5.82 Å². The number of pyridine rings is 1. The van der Waals surface area contributed by atoms with Gasteiger partial charge in [0, 0.05) is 24.4 Å². The summed E-state index contributed by atoms with van der Waals surface area (Å²) in [5, 5.41) is 4.11. The lowest BCUT2D eigenvalue weighted by Gasteiger charge is -2.12. The predicted molar refractivity (Wildman–Crippen MR) is 113 cm³/mol. The van der Waals surface area contributed by atoms with E-state index in [4.69, 9.17) is 15.0 Å². The van der Waals surface area contributed by atoms with Crippen LogP contribution in [-0.4, -0.2) is 22.2 Å². The Morgan fingerprint density at radius 2 is 1.79 bits per heavy atom. The second-order valence-electron chi connectivity index (χ2n) is 6.97. The zero-order valence-electron chi connectivity index (χ0n) is 16.6. The molecule has 0 atom stereocenters. The molecule has 146 valence electrons. The van der Waals surface area contributed by atoms with Gasteiger partial charge in [0.05, 0.1) is 6.61 Å². The maximum absolute atomic E-state index is 5.79. The summed E-state index contributed by atoms with van der Waals surface area (Å²) in [5.41, 5.74) is 12.9. The molecular formula is C23H22N4O2. The molecule has 4 aromatic rings. The number of hydrogen-bond acceptors (Lipinski definition) is 6. The number of aromatic nitrogens is 3. The summed E-state index contributed by atoms with van der Waals surface area (Å²) >= 11 is 0. The molecule has 0 radical (unpaired) electrons. The molecule has 0 bridgehead atoms. The van der Waals surface area contributed by atoms with Gasteiger partial charge in [0.15, 0.2) is 0 Å². The molecule has 6 nitrogen and oxygen atoms in total. The van der Waals surface area contributed by atoms with E-state index >= 15 is 0 Å². The Morgan fingerprint density at radius 1 is 0.966 bits per heavy atom. The highest BCUT2D eigenvalue weighted by atomic mass is 16.5. The zero-order chi connectivity index (χ0) is 20.4. The summed E-state index contributed by atoms with van der Waals surface area (Å²) in [5.74, 6) is 1.42. The summed E-state index contributed by atoms with van der Waals surface area (Å²) in [6, 6.07) is 16.3. The van der Waals surface area contributed by atoms with E-state index in [-0.39, 0.29) is 0 Å². The normalized spacial score (nSPS) is 11.0. The summed E-state index contributed by atoms with van der Waals surface area (Å²) in [6.07, 6.45) is 1.65. The van der Waals surface area contributed by atoms with Crippen LogP contribution in [0.25, 0.3) is 34.0 Å². The van der Waals surface area contributed by atoms with Crippen LogP contribution in [0.5, 0.6) is 0 Å². The molecule has 2 aromatic carbocycles. The third-order valence-electron chi connectivity index (χ3n) is 4.89. The summed E-state index contributed by atoms with van der Waals surface area (Å²) < 4.78 is 10.9. The van der Waals surface area contributed by atoms with Crippen LogP contribution in [0.2, 0.25) is 0 Å². The molecule has 0 aliphatic heterocycles. The van der Waals surface area contributed by atoms with E-state index in [0.29, 0.717) is 24.1 Å². The Hall–Kier alpha value is -3.51. The van der Waals surface area contributed by atoms with Crippen molar-refractivity contribution in [2.24, 2.45) is 0 Å². The molecular weight excluding hydrogens is 364 g/mol. The Bertz CT molecular complexity index is 1170. The summed E-state index contributed by atoms with van der Waals surface area (Å²) in [4.78, 5) is 8.71. The van der Waals surface area contributed by atoms with Gasteiger partial charge in [-0.3, -0.25) is 0 Å². The van der Waals surface area contributed by atoms with Crippen LogP contribution in [0.3, 0.4) is 0 Å². The zero-order valence-corrected chi connectivity index (χ0v) is 16.6. The maximum Gasteiger partial charge on any atom is 0.258 e. The average molecular weight is 386 g/mol. The molecule has 0 aliphatic carbocycles. The lowest BCUT2D eigenvalue weighted by molar-refractivity contribution is 0.185. The Labute approximate surface area is 169 Å². The number of ether oxygens (including phenoxy) is 1. The first-order valence-electron chi connectivity index (χ1n) is 9.31. The van der Waals surface area contributed by atoms with Gasteiger partial charge in [-0.2, -0.15) is 4.98 Å². The van der Waals surface area contributed by atoms with Crippen molar-refractivity contribution < 1.29 is 9.26 Å². The van der Waals surface area contributed by atoms with Crippen LogP contribution < -0.4 is 5.73 Å². The first-order valence-corrected chi connectivity index (χ1v) is 9.31. The quantitative estimate of drug-likeness (QED) is 0.529. The van der Waals surface area contributed by atoms with Crippen molar-refractivity contribution in [2.45, 2.75) is 20.5 Å². The molecule has 6 heteroatoms. The first kappa shape index (κ1) is 18.8. The number of benzene rings is 2. The van der Waals surface area contributed by atoms with Crippen LogP contribution in [0.1, 0.15) is 16.7 Å². The summed E-state index contributed by atoms with van der Waals surface area (Å²) in [6.45, 7) is 4.49. The van der Waals surface area contributed by atoms with Crippen molar-refractivity contribution in [3.05, 3.63) is 71.4 Å². The van der Waals surface area contributed by atoms with E-state index in [1.807, 2.05) is 37.3 Å². The molecule has 0 unspecified atom stereocenters. The van der Waals surface area contributed by atoms with E-state index in [1.54, 1.807) is 13.3 Å². The number of nitrogens with two attached hydrogens (primary N) is 1. The highest BCUT2D eigenvalue weighted by molar-refractivity contribution is 5.74. The maximum atomic E-state index is 5.79. The van der Waals surface area contributed by atoms with Crippen LogP contribution in [-0.2, 0) is 11.3 Å². The minimum absolute atomic E-state index is 0.447. The molecule has 2 heterocycles. The van der Waals surface area contributed by atoms with Gasteiger partial charge in [-0.25, -0.2) is 4.98 Å². The van der Waals surface area contributed by atoms with Crippen LogP contribution in [0, 0.1) is 13.8 Å². The molecule has 2 N–H and O–H groups in total. The minimum atomic E-state index is 0.447. The van der Waals surface area contributed by atoms with Crippen molar-refractivity contribution in [1.82, 2.24) is 15.1 Å². The van der Waals surface area contributed by atoms with Gasteiger partial charge in [-0.05, 0) is 59.9 Å². The lowest BCUT2D eigenvalue weighted by atomic mass is 9.94. The number of methoxy groups -OCH3 is 1. The van der Waals surface area contributed by atoms with Crippen molar-refractivity contribution in [1.29, 1.82) is 0 Å². The van der Waals surface area contributed by atoms with Gasteiger partial charge >= 0.3 is 0 Å². The number of nitrogen functional groups attached to an aromatic ring is 1. The molecule has 4 rings (SSSR count). The predicted octanol–water partition coefficient (Wildman–Crippen LogP) is 4.81. The van der Waals surface area contributed by atoms with E-state index in [0.717, 1.165) is 27.8 Å². The van der Waals surface area contributed by atoms with E-state index in [9.17, 15) is 0 Å². The second kappa shape index (κ2) is 7.85. The fourth-order valence-electron chi connectivity index (χ4n) is 3.31. The van der Waals surface area contributed by atoms with Crippen LogP contribution in [0.15, 0.2) is 59.3 Å². The molecule has 0 saturated carbocycles. The summed E-state index contributed by atoms with van der Waals surface area (Å²) in [7, 11) is 1.69. The van der Waals surface area contributed by atoms with Gasteiger partial charge < -0.3 is 15.0 Å². The third kappa shape index (κ3) is 3.75. The number of aryl methyl sites for hydroxylation is 2. The molecule has 0 fully saturated rings. The topological polar surface area (TPSA) is 87.1 Å². The van der Waals surface area contributed by atoms with Gasteiger partial charge in [0.25, 0.3) is 5.89 Å².